The highest BCUT2D eigenvalue weighted by molar-refractivity contribution is 5.69. The number of aliphatic hydroxyl groups excluding tert-OH is 1. The molecule has 1 heteroatoms. The average Bonchev–Trinajstić information content (AvgIpc) is 2.70. The molecule has 68 valence electrons. The standard InChI is InChI=1S/C12H14O/c13-9-11-7-3-4-8-12(11)10-5-1-2-6-10/h3-5,7-8,13H,1-2,6,9H2. The van der Waals surface area contributed by atoms with E-state index in [1.165, 1.54) is 24.0 Å². The summed E-state index contributed by atoms with van der Waals surface area (Å²) in [6.07, 6.45) is 5.90. The van der Waals surface area contributed by atoms with Gasteiger partial charge in [0.1, 0.15) is 0 Å². The lowest BCUT2D eigenvalue weighted by molar-refractivity contribution is 0.281. The van der Waals surface area contributed by atoms with Gasteiger partial charge in [-0.15, -0.1) is 0 Å². The summed E-state index contributed by atoms with van der Waals surface area (Å²) in [6, 6.07) is 8.11. The van der Waals surface area contributed by atoms with Gasteiger partial charge in [0.05, 0.1) is 6.61 Å². The molecule has 0 atom stereocenters. The first-order valence-corrected chi connectivity index (χ1v) is 4.80. The van der Waals surface area contributed by atoms with Gasteiger partial charge in [0, 0.05) is 0 Å². The van der Waals surface area contributed by atoms with E-state index in [9.17, 15) is 0 Å². The van der Waals surface area contributed by atoms with Crippen LogP contribution in [0.1, 0.15) is 30.4 Å². The number of rotatable bonds is 2. The predicted molar refractivity (Wildman–Crippen MR) is 54.2 cm³/mol. The van der Waals surface area contributed by atoms with Crippen molar-refractivity contribution in [1.82, 2.24) is 0 Å². The van der Waals surface area contributed by atoms with Crippen LogP contribution in [0.4, 0.5) is 0 Å². The summed E-state index contributed by atoms with van der Waals surface area (Å²) in [5, 5.41) is 9.15. The molecule has 0 amide bonds. The molecule has 0 unspecified atom stereocenters. The van der Waals surface area contributed by atoms with Crippen LogP contribution in [-0.4, -0.2) is 5.11 Å². The van der Waals surface area contributed by atoms with E-state index in [1.807, 2.05) is 18.2 Å². The van der Waals surface area contributed by atoms with Gasteiger partial charge >= 0.3 is 0 Å². The Morgan fingerprint density at radius 1 is 1.23 bits per heavy atom. The minimum Gasteiger partial charge on any atom is -0.392 e. The molecule has 0 spiro atoms. The molecule has 2 rings (SSSR count). The molecule has 0 aliphatic heterocycles. The molecule has 0 radical (unpaired) electrons. The van der Waals surface area contributed by atoms with E-state index < -0.39 is 0 Å². The van der Waals surface area contributed by atoms with Crippen LogP contribution in [0.25, 0.3) is 5.57 Å². The summed E-state index contributed by atoms with van der Waals surface area (Å²) in [4.78, 5) is 0. The van der Waals surface area contributed by atoms with E-state index in [0.29, 0.717) is 0 Å². The fraction of sp³-hybridized carbons (Fsp3) is 0.333. The highest BCUT2D eigenvalue weighted by Gasteiger charge is 2.09. The van der Waals surface area contributed by atoms with Crippen molar-refractivity contribution in [2.45, 2.75) is 25.9 Å². The Morgan fingerprint density at radius 3 is 2.77 bits per heavy atom. The summed E-state index contributed by atoms with van der Waals surface area (Å²) in [5.74, 6) is 0. The van der Waals surface area contributed by atoms with Gasteiger partial charge in [0.25, 0.3) is 0 Å². The molecule has 0 aromatic heterocycles. The Labute approximate surface area is 78.7 Å². The molecule has 0 saturated heterocycles. The van der Waals surface area contributed by atoms with Gasteiger partial charge in [-0.05, 0) is 36.0 Å². The van der Waals surface area contributed by atoms with Crippen molar-refractivity contribution in [2.24, 2.45) is 0 Å². The van der Waals surface area contributed by atoms with Gasteiger partial charge in [0.2, 0.25) is 0 Å². The zero-order valence-corrected chi connectivity index (χ0v) is 7.66. The lowest BCUT2D eigenvalue weighted by Gasteiger charge is -2.07. The van der Waals surface area contributed by atoms with Crippen LogP contribution in [0.15, 0.2) is 30.3 Å². The highest BCUT2D eigenvalue weighted by atomic mass is 16.3. The van der Waals surface area contributed by atoms with Crippen molar-refractivity contribution in [3.63, 3.8) is 0 Å². The monoisotopic (exact) mass is 174 g/mol. The van der Waals surface area contributed by atoms with Gasteiger partial charge in [-0.1, -0.05) is 30.3 Å². The third kappa shape index (κ3) is 1.65. The normalized spacial score (nSPS) is 15.9. The van der Waals surface area contributed by atoms with Gasteiger partial charge < -0.3 is 5.11 Å². The van der Waals surface area contributed by atoms with Gasteiger partial charge in [0.15, 0.2) is 0 Å². The summed E-state index contributed by atoms with van der Waals surface area (Å²) in [5.41, 5.74) is 3.70. The second-order valence-electron chi connectivity index (χ2n) is 3.44. The Hall–Kier alpha value is -1.08. The van der Waals surface area contributed by atoms with Crippen LogP contribution >= 0.6 is 0 Å². The summed E-state index contributed by atoms with van der Waals surface area (Å²) >= 11 is 0. The fourth-order valence-corrected chi connectivity index (χ4v) is 1.89. The van der Waals surface area contributed by atoms with Crippen LogP contribution in [0.3, 0.4) is 0 Å². The first-order chi connectivity index (χ1) is 6.42. The molecule has 0 bridgehead atoms. The maximum absolute atomic E-state index is 9.15. The summed E-state index contributed by atoms with van der Waals surface area (Å²) < 4.78 is 0. The zero-order chi connectivity index (χ0) is 9.10. The van der Waals surface area contributed by atoms with Crippen molar-refractivity contribution >= 4 is 5.57 Å². The second-order valence-corrected chi connectivity index (χ2v) is 3.44. The number of aliphatic hydroxyl groups is 1. The van der Waals surface area contributed by atoms with Crippen LogP contribution in [0.2, 0.25) is 0 Å². The van der Waals surface area contributed by atoms with E-state index >= 15 is 0 Å². The lowest BCUT2D eigenvalue weighted by atomic mass is 10.00. The van der Waals surface area contributed by atoms with Crippen molar-refractivity contribution in [3.8, 4) is 0 Å². The first-order valence-electron chi connectivity index (χ1n) is 4.80. The third-order valence-electron chi connectivity index (χ3n) is 2.57. The quantitative estimate of drug-likeness (QED) is 0.731. The minimum absolute atomic E-state index is 0.146. The molecule has 13 heavy (non-hydrogen) atoms. The molecule has 1 N–H and O–H groups in total. The predicted octanol–water partition coefficient (Wildman–Crippen LogP) is 2.75. The van der Waals surface area contributed by atoms with Crippen molar-refractivity contribution in [2.75, 3.05) is 0 Å². The van der Waals surface area contributed by atoms with E-state index in [-0.39, 0.29) is 6.61 Å². The first kappa shape index (κ1) is 8.52. The fourth-order valence-electron chi connectivity index (χ4n) is 1.89. The smallest absolute Gasteiger partial charge is 0.0687 e. The average molecular weight is 174 g/mol. The number of benzene rings is 1. The zero-order valence-electron chi connectivity index (χ0n) is 7.66. The van der Waals surface area contributed by atoms with E-state index in [4.69, 9.17) is 5.11 Å². The Kier molecular flexibility index (Phi) is 2.46. The van der Waals surface area contributed by atoms with Crippen molar-refractivity contribution < 1.29 is 5.11 Å². The Morgan fingerprint density at radius 2 is 2.08 bits per heavy atom. The molecule has 1 aliphatic rings. The van der Waals surface area contributed by atoms with Crippen molar-refractivity contribution in [1.29, 1.82) is 0 Å². The molecule has 1 aliphatic carbocycles. The molecule has 0 fully saturated rings. The summed E-state index contributed by atoms with van der Waals surface area (Å²) in [6.45, 7) is 0.146. The SMILES string of the molecule is OCc1ccccc1C1=CCCC1. The Bertz CT molecular complexity index is 326. The van der Waals surface area contributed by atoms with E-state index in [1.54, 1.807) is 0 Å². The summed E-state index contributed by atoms with van der Waals surface area (Å²) in [7, 11) is 0. The molecule has 1 aromatic rings. The van der Waals surface area contributed by atoms with Crippen LogP contribution in [-0.2, 0) is 6.61 Å². The Balaban J connectivity index is 2.38. The lowest BCUT2D eigenvalue weighted by Crippen LogP contribution is -1.91. The topological polar surface area (TPSA) is 20.2 Å². The molecular weight excluding hydrogens is 160 g/mol. The molecule has 0 heterocycles. The molecule has 1 nitrogen and oxygen atoms in total. The maximum Gasteiger partial charge on any atom is 0.0687 e. The van der Waals surface area contributed by atoms with E-state index in [0.717, 1.165) is 12.0 Å². The van der Waals surface area contributed by atoms with Gasteiger partial charge in [-0.2, -0.15) is 0 Å². The van der Waals surface area contributed by atoms with Crippen LogP contribution in [0.5, 0.6) is 0 Å². The van der Waals surface area contributed by atoms with Crippen molar-refractivity contribution in [3.05, 3.63) is 41.5 Å². The number of hydrogen-bond donors (Lipinski definition) is 1. The molecular formula is C12H14O. The van der Waals surface area contributed by atoms with Gasteiger partial charge in [-0.25, -0.2) is 0 Å². The second kappa shape index (κ2) is 3.75. The van der Waals surface area contributed by atoms with Gasteiger partial charge in [-0.3, -0.25) is 0 Å². The largest absolute Gasteiger partial charge is 0.392 e. The molecule has 0 saturated carbocycles. The third-order valence-corrected chi connectivity index (χ3v) is 2.57. The number of hydrogen-bond acceptors (Lipinski definition) is 1. The number of allylic oxidation sites excluding steroid dienone is 2. The molecule has 1 aromatic carbocycles. The maximum atomic E-state index is 9.15. The van der Waals surface area contributed by atoms with Crippen LogP contribution < -0.4 is 0 Å². The van der Waals surface area contributed by atoms with E-state index in [2.05, 4.69) is 12.1 Å². The highest BCUT2D eigenvalue weighted by Crippen LogP contribution is 2.29. The minimum atomic E-state index is 0.146. The van der Waals surface area contributed by atoms with Crippen LogP contribution in [0, 0.1) is 0 Å².